The van der Waals surface area contributed by atoms with Gasteiger partial charge in [0.2, 0.25) is 11.8 Å². The fourth-order valence-electron chi connectivity index (χ4n) is 6.40. The first kappa shape index (κ1) is 27.1. The minimum atomic E-state index is -2.80. The molecule has 1 aliphatic heterocycles. The van der Waals surface area contributed by atoms with Crippen LogP contribution in [0, 0.1) is 29.6 Å². The number of aromatic nitrogens is 2. The van der Waals surface area contributed by atoms with Gasteiger partial charge in [0.05, 0.1) is 6.07 Å². The number of rotatable bonds is 6. The van der Waals surface area contributed by atoms with Gasteiger partial charge in [-0.25, -0.2) is 18.2 Å². The summed E-state index contributed by atoms with van der Waals surface area (Å²) >= 11 is 0. The van der Waals surface area contributed by atoms with Crippen LogP contribution in [-0.2, 0) is 17.6 Å². The molecule has 216 valence electrons. The second-order valence-electron chi connectivity index (χ2n) is 12.1. The molecule has 4 amide bonds. The van der Waals surface area contributed by atoms with Gasteiger partial charge in [-0.2, -0.15) is 5.26 Å². The number of carbonyl (C=O) groups excluding carboxylic acids is 3. The van der Waals surface area contributed by atoms with E-state index in [2.05, 4.69) is 37.0 Å². The van der Waals surface area contributed by atoms with Crippen LogP contribution in [0.4, 0.5) is 19.3 Å². The van der Waals surface area contributed by atoms with Crippen LogP contribution in [0.25, 0.3) is 0 Å². The van der Waals surface area contributed by atoms with Crippen molar-refractivity contribution in [3.63, 3.8) is 0 Å². The zero-order chi connectivity index (χ0) is 29.0. The van der Waals surface area contributed by atoms with Crippen LogP contribution in [0.2, 0.25) is 0 Å². The Hall–Kier alpha value is -4.08. The highest BCUT2D eigenvalue weighted by Gasteiger charge is 2.54. The van der Waals surface area contributed by atoms with E-state index < -0.39 is 35.2 Å². The number of carbonyl (C=O) groups is 3. The number of hydrogen-bond donors (Lipinski definition) is 3. The van der Waals surface area contributed by atoms with Crippen molar-refractivity contribution in [1.82, 2.24) is 25.8 Å². The van der Waals surface area contributed by atoms with E-state index in [4.69, 9.17) is 0 Å². The van der Waals surface area contributed by atoms with Gasteiger partial charge >= 0.3 is 6.03 Å². The van der Waals surface area contributed by atoms with Crippen LogP contribution in [0.1, 0.15) is 65.8 Å². The van der Waals surface area contributed by atoms with Crippen molar-refractivity contribution in [3.8, 4) is 6.07 Å². The highest BCUT2D eigenvalue weighted by Crippen LogP contribution is 2.49. The van der Waals surface area contributed by atoms with Crippen molar-refractivity contribution in [3.05, 3.63) is 40.7 Å². The van der Waals surface area contributed by atoms with E-state index in [0.29, 0.717) is 31.6 Å². The van der Waals surface area contributed by atoms with E-state index >= 15 is 0 Å². The summed E-state index contributed by atoms with van der Waals surface area (Å²) in [5.41, 5.74) is 1.41. The van der Waals surface area contributed by atoms with Gasteiger partial charge in [-0.15, -0.1) is 0 Å². The third-order valence-electron chi connectivity index (χ3n) is 9.14. The summed E-state index contributed by atoms with van der Waals surface area (Å²) in [5, 5.41) is 25.9. The fourth-order valence-corrected chi connectivity index (χ4v) is 6.40. The van der Waals surface area contributed by atoms with Crippen LogP contribution in [0.5, 0.6) is 0 Å². The fraction of sp³-hybridized carbons (Fsp3) is 0.571. The summed E-state index contributed by atoms with van der Waals surface area (Å²) in [6.07, 6.45) is 2.14. The molecular weight excluding hydrogens is 536 g/mol. The number of halogens is 2. The van der Waals surface area contributed by atoms with Gasteiger partial charge in [-0.1, -0.05) is 11.2 Å². The highest BCUT2D eigenvalue weighted by molar-refractivity contribution is 6.01. The van der Waals surface area contributed by atoms with Gasteiger partial charge < -0.3 is 20.9 Å². The molecule has 13 heteroatoms. The monoisotopic (exact) mass is 567 g/mol. The number of anilines is 1. The molecule has 0 bridgehead atoms. The molecule has 1 aromatic heterocycles. The molecule has 11 nitrogen and oxygen atoms in total. The number of nitriles is 1. The second-order valence-corrected chi connectivity index (χ2v) is 12.1. The molecule has 2 atom stereocenters. The van der Waals surface area contributed by atoms with Crippen LogP contribution in [0.3, 0.4) is 0 Å². The summed E-state index contributed by atoms with van der Waals surface area (Å²) in [6.45, 7) is 2.72. The Morgan fingerprint density at radius 3 is 2.56 bits per heavy atom. The summed E-state index contributed by atoms with van der Waals surface area (Å²) in [7, 11) is 0. The van der Waals surface area contributed by atoms with Crippen molar-refractivity contribution < 1.29 is 27.8 Å². The lowest BCUT2D eigenvalue weighted by atomic mass is 9.81. The topological polar surface area (TPSA) is 153 Å². The Labute approximate surface area is 235 Å². The minimum absolute atomic E-state index is 0.0504. The lowest BCUT2D eigenvalue weighted by molar-refractivity contribution is -0.121. The van der Waals surface area contributed by atoms with Gasteiger partial charge in [0.25, 0.3) is 5.91 Å². The number of alkyl halides is 2. The predicted molar refractivity (Wildman–Crippen MR) is 140 cm³/mol. The first-order chi connectivity index (χ1) is 19.5. The Bertz CT molecular complexity index is 1440. The van der Waals surface area contributed by atoms with E-state index in [0.717, 1.165) is 24.0 Å². The van der Waals surface area contributed by atoms with E-state index in [1.165, 1.54) is 6.92 Å². The van der Waals surface area contributed by atoms with Crippen molar-refractivity contribution in [2.45, 2.75) is 75.8 Å². The molecule has 3 fully saturated rings. The van der Waals surface area contributed by atoms with Crippen molar-refractivity contribution in [2.24, 2.45) is 11.3 Å². The molecule has 2 saturated carbocycles. The molecule has 4 aliphatic rings. The van der Waals surface area contributed by atoms with Gasteiger partial charge in [0.15, 0.2) is 5.69 Å². The molecule has 3 aliphatic carbocycles. The SMILES string of the molecule is Cc1nonc1C(=O)N[C@H](C(=O)Nc1ccc2c(c1)CC(C#N)(N1CC3(CC3)CNC1=O)C2)C1CCC(F)(F)CC1. The first-order valence-corrected chi connectivity index (χ1v) is 13.9. The molecular formula is C28H31F2N7O4. The lowest BCUT2D eigenvalue weighted by Gasteiger charge is -2.42. The number of amides is 4. The highest BCUT2D eigenvalue weighted by atomic mass is 19.3. The maximum Gasteiger partial charge on any atom is 0.318 e. The Morgan fingerprint density at radius 1 is 1.17 bits per heavy atom. The summed E-state index contributed by atoms with van der Waals surface area (Å²) < 4.78 is 32.4. The summed E-state index contributed by atoms with van der Waals surface area (Å²) in [6, 6.07) is 6.40. The molecule has 1 aromatic carbocycles. The van der Waals surface area contributed by atoms with Crippen molar-refractivity contribution in [2.75, 3.05) is 18.4 Å². The van der Waals surface area contributed by atoms with Gasteiger partial charge in [-0.05, 0) is 66.9 Å². The Morgan fingerprint density at radius 2 is 1.90 bits per heavy atom. The van der Waals surface area contributed by atoms with Crippen LogP contribution in [-0.4, -0.2) is 63.7 Å². The zero-order valence-electron chi connectivity index (χ0n) is 22.6. The lowest BCUT2D eigenvalue weighted by Crippen LogP contribution is -2.61. The second kappa shape index (κ2) is 9.78. The molecule has 6 rings (SSSR count). The van der Waals surface area contributed by atoms with E-state index in [1.807, 2.05) is 6.07 Å². The maximum absolute atomic E-state index is 13.9. The number of hydrogen-bond acceptors (Lipinski definition) is 7. The number of fused-ring (bicyclic) bond motifs is 1. The largest absolute Gasteiger partial charge is 0.338 e. The van der Waals surface area contributed by atoms with E-state index in [9.17, 15) is 28.4 Å². The maximum atomic E-state index is 13.9. The number of nitrogens with zero attached hydrogens (tertiary/aromatic N) is 4. The Kier molecular flexibility index (Phi) is 6.47. The smallest absolute Gasteiger partial charge is 0.318 e. The van der Waals surface area contributed by atoms with Gasteiger partial charge in [0.1, 0.15) is 17.3 Å². The van der Waals surface area contributed by atoms with Crippen molar-refractivity contribution in [1.29, 1.82) is 5.26 Å². The molecule has 1 spiro atoms. The minimum Gasteiger partial charge on any atom is -0.338 e. The first-order valence-electron chi connectivity index (χ1n) is 13.9. The number of benzene rings is 1. The molecule has 1 saturated heterocycles. The van der Waals surface area contributed by atoms with Crippen LogP contribution in [0.15, 0.2) is 22.8 Å². The summed E-state index contributed by atoms with van der Waals surface area (Å²) in [4.78, 5) is 40.9. The van der Waals surface area contributed by atoms with Gasteiger partial charge in [-0.3, -0.25) is 9.59 Å². The third-order valence-corrected chi connectivity index (χ3v) is 9.14. The molecule has 41 heavy (non-hydrogen) atoms. The third kappa shape index (κ3) is 5.11. The number of urea groups is 1. The molecule has 2 heterocycles. The standard InChI is InChI=1S/C28H31F2N7O4/c1-16-21(36-41-35-16)23(38)34-22(17-4-6-28(29,30)7-5-17)24(39)33-20-3-2-18-11-27(13-31,12-19(18)10-20)37-15-26(8-9-26)14-32-25(37)40/h2-3,10,17,22H,4-9,11-12,14-15H2,1H3,(H,32,40)(H,33,39)(H,34,38)/t22-,27?/m0/s1. The van der Waals surface area contributed by atoms with Gasteiger partial charge in [0, 0.05) is 49.9 Å². The van der Waals surface area contributed by atoms with E-state index in [1.54, 1.807) is 17.0 Å². The Balaban J connectivity index is 1.20. The summed E-state index contributed by atoms with van der Waals surface area (Å²) in [5.74, 6) is -4.53. The molecule has 0 radical (unpaired) electrons. The zero-order valence-corrected chi connectivity index (χ0v) is 22.6. The number of nitrogens with one attached hydrogen (secondary N) is 3. The normalized spacial score (nSPS) is 25.1. The average Bonchev–Trinajstić information content (AvgIpc) is 3.37. The molecule has 3 N–H and O–H groups in total. The molecule has 2 aromatic rings. The van der Waals surface area contributed by atoms with Crippen LogP contribution < -0.4 is 16.0 Å². The van der Waals surface area contributed by atoms with Crippen LogP contribution >= 0.6 is 0 Å². The molecule has 1 unspecified atom stereocenters. The van der Waals surface area contributed by atoms with E-state index in [-0.39, 0.29) is 48.5 Å². The van der Waals surface area contributed by atoms with Crippen molar-refractivity contribution >= 4 is 23.5 Å². The average molecular weight is 568 g/mol. The number of aryl methyl sites for hydroxylation is 1. The predicted octanol–water partition coefficient (Wildman–Crippen LogP) is 3.11. The quantitative estimate of drug-likeness (QED) is 0.485.